The van der Waals surface area contributed by atoms with E-state index in [-0.39, 0.29) is 5.91 Å². The first-order valence-electron chi connectivity index (χ1n) is 10.1. The van der Waals surface area contributed by atoms with E-state index < -0.39 is 0 Å². The number of ether oxygens (including phenoxy) is 1. The number of carbonyl (C=O) groups is 1. The number of allylic oxidation sites excluding steroid dienone is 1. The molecule has 1 fully saturated rings. The minimum absolute atomic E-state index is 0.0327. The first-order chi connectivity index (χ1) is 14.5. The van der Waals surface area contributed by atoms with Gasteiger partial charge in [0.1, 0.15) is 5.84 Å². The normalized spacial score (nSPS) is 18.7. The highest BCUT2D eigenvalue weighted by Gasteiger charge is 2.25. The van der Waals surface area contributed by atoms with Crippen LogP contribution in [0.2, 0.25) is 0 Å². The van der Waals surface area contributed by atoms with Gasteiger partial charge in [-0.3, -0.25) is 9.79 Å². The lowest BCUT2D eigenvalue weighted by molar-refractivity contribution is -0.128. The zero-order valence-electron chi connectivity index (χ0n) is 17.6. The average Bonchev–Trinajstić information content (AvgIpc) is 2.71. The van der Waals surface area contributed by atoms with Gasteiger partial charge in [-0.2, -0.15) is 0 Å². The molecule has 1 amide bonds. The Balaban J connectivity index is 1.87. The third-order valence-corrected chi connectivity index (χ3v) is 5.29. The van der Waals surface area contributed by atoms with Crippen LogP contribution in [-0.2, 0) is 9.53 Å². The number of amidine groups is 1. The third-order valence-electron chi connectivity index (χ3n) is 5.29. The molecule has 8 nitrogen and oxygen atoms in total. The number of aliphatic imine (C=N–C) groups is 2. The Hall–Kier alpha value is -3.13. The van der Waals surface area contributed by atoms with Crippen molar-refractivity contribution in [2.45, 2.75) is 13.3 Å². The first-order valence-corrected chi connectivity index (χ1v) is 10.1. The summed E-state index contributed by atoms with van der Waals surface area (Å²) in [6.07, 6.45) is 3.94. The molecule has 1 aromatic carbocycles. The molecule has 1 aromatic rings. The van der Waals surface area contributed by atoms with Crippen molar-refractivity contribution in [2.24, 2.45) is 27.4 Å². The summed E-state index contributed by atoms with van der Waals surface area (Å²) >= 11 is 0. The number of nitrogens with zero attached hydrogens (tertiary/aromatic N) is 3. The fraction of sp³-hybridized carbons (Fsp3) is 0.409. The fourth-order valence-corrected chi connectivity index (χ4v) is 3.45. The molecule has 0 spiro atoms. The number of carbonyl (C=O) groups excluding carboxylic acids is 1. The van der Waals surface area contributed by atoms with Crippen LogP contribution < -0.4 is 16.8 Å². The van der Waals surface area contributed by atoms with E-state index in [9.17, 15) is 4.79 Å². The standard InChI is InChI=1S/C22H30N6O2/c1-15(29)28-7-6-21(26-10-16-13-30-14-16)20(12-28)22(24)27-19-5-3-4-17(8-19)18(9-23)11-25-2/h3-5,8-9,11,16,26H,6-7,10,12-14,23H2,1-2H3,(H2,24,27). The molecular formula is C22H30N6O2. The quantitative estimate of drug-likeness (QED) is 0.464. The molecule has 0 unspecified atom stereocenters. The van der Waals surface area contributed by atoms with Gasteiger partial charge in [0.05, 0.1) is 25.4 Å². The first kappa shape index (κ1) is 21.6. The molecule has 0 saturated carbocycles. The van der Waals surface area contributed by atoms with Crippen LogP contribution in [0.15, 0.2) is 51.7 Å². The van der Waals surface area contributed by atoms with Gasteiger partial charge in [0.15, 0.2) is 0 Å². The van der Waals surface area contributed by atoms with E-state index in [0.717, 1.165) is 48.6 Å². The Bertz CT molecular complexity index is 899. The molecule has 2 aliphatic rings. The van der Waals surface area contributed by atoms with E-state index in [4.69, 9.17) is 16.2 Å². The van der Waals surface area contributed by atoms with Gasteiger partial charge in [-0.15, -0.1) is 0 Å². The van der Waals surface area contributed by atoms with E-state index in [0.29, 0.717) is 30.5 Å². The van der Waals surface area contributed by atoms with Crippen LogP contribution in [0.25, 0.3) is 5.57 Å². The Morgan fingerprint density at radius 1 is 1.40 bits per heavy atom. The molecule has 3 rings (SSSR count). The van der Waals surface area contributed by atoms with E-state index in [2.05, 4.69) is 15.3 Å². The Kier molecular flexibility index (Phi) is 7.24. The maximum Gasteiger partial charge on any atom is 0.219 e. The topological polar surface area (TPSA) is 118 Å². The number of hydrogen-bond donors (Lipinski definition) is 3. The number of amides is 1. The summed E-state index contributed by atoms with van der Waals surface area (Å²) in [6, 6.07) is 7.65. The summed E-state index contributed by atoms with van der Waals surface area (Å²) < 4.78 is 5.25. The maximum absolute atomic E-state index is 11.9. The molecule has 2 heterocycles. The minimum atomic E-state index is 0.0327. The van der Waals surface area contributed by atoms with E-state index in [1.165, 1.54) is 6.20 Å². The van der Waals surface area contributed by atoms with Crippen LogP contribution in [0.3, 0.4) is 0 Å². The van der Waals surface area contributed by atoms with Gasteiger partial charge in [-0.05, 0) is 17.7 Å². The predicted molar refractivity (Wildman–Crippen MR) is 121 cm³/mol. The minimum Gasteiger partial charge on any atom is -0.404 e. The highest BCUT2D eigenvalue weighted by molar-refractivity contribution is 6.10. The molecule has 30 heavy (non-hydrogen) atoms. The maximum atomic E-state index is 11.9. The van der Waals surface area contributed by atoms with Crippen molar-refractivity contribution in [3.05, 3.63) is 47.3 Å². The van der Waals surface area contributed by atoms with Crippen LogP contribution in [0.5, 0.6) is 0 Å². The highest BCUT2D eigenvalue weighted by atomic mass is 16.5. The monoisotopic (exact) mass is 410 g/mol. The lowest BCUT2D eigenvalue weighted by Crippen LogP contribution is -2.43. The van der Waals surface area contributed by atoms with Gasteiger partial charge in [-0.25, -0.2) is 4.99 Å². The molecule has 0 bridgehead atoms. The lowest BCUT2D eigenvalue weighted by atomic mass is 10.0. The molecule has 1 saturated heterocycles. The average molecular weight is 411 g/mol. The predicted octanol–water partition coefficient (Wildman–Crippen LogP) is 1.42. The second-order valence-electron chi connectivity index (χ2n) is 7.49. The van der Waals surface area contributed by atoms with Crippen molar-refractivity contribution in [1.82, 2.24) is 10.2 Å². The SMILES string of the molecule is CN=CC(=CN)c1cccc(N=C(N)C2=C(NCC3COC3)CCN(C(C)=O)C2)c1. The van der Waals surface area contributed by atoms with Gasteiger partial charge in [0.2, 0.25) is 5.91 Å². The zero-order chi connectivity index (χ0) is 21.5. The van der Waals surface area contributed by atoms with Crippen molar-refractivity contribution in [2.75, 3.05) is 39.9 Å². The van der Waals surface area contributed by atoms with Crippen molar-refractivity contribution >= 4 is 29.2 Å². The second-order valence-corrected chi connectivity index (χ2v) is 7.49. The zero-order valence-corrected chi connectivity index (χ0v) is 17.6. The summed E-state index contributed by atoms with van der Waals surface area (Å²) in [6.45, 7) is 5.10. The van der Waals surface area contributed by atoms with Gasteiger partial charge in [-0.1, -0.05) is 12.1 Å². The smallest absolute Gasteiger partial charge is 0.219 e. The van der Waals surface area contributed by atoms with E-state index in [1.54, 1.807) is 25.1 Å². The molecular weight excluding hydrogens is 380 g/mol. The van der Waals surface area contributed by atoms with Crippen LogP contribution in [0, 0.1) is 5.92 Å². The van der Waals surface area contributed by atoms with Crippen molar-refractivity contribution in [3.63, 3.8) is 0 Å². The Morgan fingerprint density at radius 3 is 2.83 bits per heavy atom. The molecule has 0 radical (unpaired) electrons. The summed E-state index contributed by atoms with van der Waals surface area (Å²) in [5.41, 5.74) is 16.5. The van der Waals surface area contributed by atoms with Crippen LogP contribution in [-0.4, -0.2) is 62.8 Å². The van der Waals surface area contributed by atoms with Crippen LogP contribution in [0.1, 0.15) is 18.9 Å². The number of hydrogen-bond acceptors (Lipinski definition) is 6. The second kappa shape index (κ2) is 10.1. The Morgan fingerprint density at radius 2 is 2.20 bits per heavy atom. The molecule has 2 aliphatic heterocycles. The largest absolute Gasteiger partial charge is 0.404 e. The molecule has 0 aromatic heterocycles. The van der Waals surface area contributed by atoms with Gasteiger partial charge >= 0.3 is 0 Å². The summed E-state index contributed by atoms with van der Waals surface area (Å²) in [5, 5.41) is 3.51. The lowest BCUT2D eigenvalue weighted by Gasteiger charge is -2.32. The molecule has 0 atom stereocenters. The van der Waals surface area contributed by atoms with Gasteiger partial charge < -0.3 is 26.4 Å². The van der Waals surface area contributed by atoms with Gasteiger partial charge in [0, 0.05) is 68.7 Å². The van der Waals surface area contributed by atoms with Gasteiger partial charge in [0.25, 0.3) is 0 Å². The van der Waals surface area contributed by atoms with Crippen LogP contribution in [0.4, 0.5) is 5.69 Å². The van der Waals surface area contributed by atoms with Crippen molar-refractivity contribution < 1.29 is 9.53 Å². The van der Waals surface area contributed by atoms with E-state index >= 15 is 0 Å². The molecule has 0 aliphatic carbocycles. The summed E-state index contributed by atoms with van der Waals surface area (Å²) in [5.74, 6) is 0.958. The van der Waals surface area contributed by atoms with Crippen molar-refractivity contribution in [1.29, 1.82) is 0 Å². The van der Waals surface area contributed by atoms with Crippen molar-refractivity contribution in [3.8, 4) is 0 Å². The third kappa shape index (κ3) is 5.27. The number of nitrogens with one attached hydrogen (secondary N) is 1. The van der Waals surface area contributed by atoms with E-state index in [1.807, 2.05) is 24.3 Å². The summed E-state index contributed by atoms with van der Waals surface area (Å²) in [7, 11) is 1.70. The Labute approximate surface area is 177 Å². The van der Waals surface area contributed by atoms with Crippen LogP contribution >= 0.6 is 0 Å². The highest BCUT2D eigenvalue weighted by Crippen LogP contribution is 2.22. The number of benzene rings is 1. The number of rotatable bonds is 7. The number of nitrogens with two attached hydrogens (primary N) is 2. The fourth-order valence-electron chi connectivity index (χ4n) is 3.45. The molecule has 160 valence electrons. The molecule has 8 heteroatoms. The summed E-state index contributed by atoms with van der Waals surface area (Å²) in [4.78, 5) is 22.4. The molecule has 5 N–H and O–H groups in total.